The van der Waals surface area contributed by atoms with E-state index in [1.54, 1.807) is 12.1 Å². The Morgan fingerprint density at radius 1 is 1.42 bits per heavy atom. The van der Waals surface area contributed by atoms with Gasteiger partial charge in [-0.2, -0.15) is 0 Å². The number of hydrogen-bond acceptors (Lipinski definition) is 4. The summed E-state index contributed by atoms with van der Waals surface area (Å²) in [6, 6.07) is 4.51. The number of fused-ring (bicyclic) bond motifs is 1. The lowest BCUT2D eigenvalue weighted by Gasteiger charge is -2.24. The van der Waals surface area contributed by atoms with Crippen LogP contribution in [0.4, 0.5) is 10.2 Å². The van der Waals surface area contributed by atoms with Crippen molar-refractivity contribution < 1.29 is 9.18 Å². The first-order chi connectivity index (χ1) is 11.5. The highest BCUT2D eigenvalue weighted by Gasteiger charge is 2.31. The molecule has 0 spiro atoms. The van der Waals surface area contributed by atoms with Gasteiger partial charge in [-0.25, -0.2) is 9.37 Å². The first kappa shape index (κ1) is 17.2. The van der Waals surface area contributed by atoms with Gasteiger partial charge in [0.05, 0.1) is 10.0 Å². The van der Waals surface area contributed by atoms with Gasteiger partial charge in [-0.15, -0.1) is 0 Å². The number of carbonyl (C=O) groups excluding carboxylic acids is 1. The summed E-state index contributed by atoms with van der Waals surface area (Å²) in [5.41, 5.74) is 0.832. The van der Waals surface area contributed by atoms with Crippen molar-refractivity contribution in [1.29, 1.82) is 0 Å². The molecule has 1 unspecified atom stereocenters. The molecule has 0 saturated carbocycles. The molecular weight excluding hydrogens is 397 g/mol. The van der Waals surface area contributed by atoms with Gasteiger partial charge in [-0.3, -0.25) is 9.59 Å². The summed E-state index contributed by atoms with van der Waals surface area (Å²) in [6.07, 6.45) is 1.07. The minimum absolute atomic E-state index is 0.122. The zero-order chi connectivity index (χ0) is 17.3. The Hall–Kier alpha value is -1.67. The minimum atomic E-state index is -0.452. The highest BCUT2D eigenvalue weighted by atomic mass is 79.9. The number of carbonyl (C=O) groups is 1. The molecule has 0 aliphatic carbocycles. The number of nitrogens with one attached hydrogen (secondary N) is 2. The van der Waals surface area contributed by atoms with E-state index in [-0.39, 0.29) is 17.9 Å². The van der Waals surface area contributed by atoms with Crippen molar-refractivity contribution in [3.05, 3.63) is 50.0 Å². The van der Waals surface area contributed by atoms with Gasteiger partial charge in [0.15, 0.2) is 5.16 Å². The average Bonchev–Trinajstić information content (AvgIpc) is 2.54. The summed E-state index contributed by atoms with van der Waals surface area (Å²) in [5, 5.41) is 3.16. The average molecular weight is 412 g/mol. The van der Waals surface area contributed by atoms with Crippen molar-refractivity contribution in [1.82, 2.24) is 9.97 Å². The third-order valence-corrected chi connectivity index (χ3v) is 5.41. The first-order valence-electron chi connectivity index (χ1n) is 7.51. The second-order valence-corrected chi connectivity index (χ2v) is 7.40. The number of aromatic nitrogens is 2. The fraction of sp³-hybridized carbons (Fsp3) is 0.312. The minimum Gasteiger partial charge on any atom is -0.310 e. The van der Waals surface area contributed by atoms with Crippen LogP contribution in [-0.2, 0) is 4.79 Å². The Balaban J connectivity index is 2.07. The molecule has 1 aliphatic heterocycles. The maximum absolute atomic E-state index is 13.5. The van der Waals surface area contributed by atoms with E-state index in [9.17, 15) is 14.0 Å². The number of amides is 1. The van der Waals surface area contributed by atoms with Gasteiger partial charge in [-0.1, -0.05) is 24.8 Å². The van der Waals surface area contributed by atoms with Gasteiger partial charge in [0.25, 0.3) is 5.56 Å². The molecule has 0 radical (unpaired) electrons. The molecule has 2 aromatic rings. The zero-order valence-electron chi connectivity index (χ0n) is 12.9. The van der Waals surface area contributed by atoms with E-state index >= 15 is 0 Å². The second kappa shape index (κ2) is 7.06. The van der Waals surface area contributed by atoms with Crippen LogP contribution in [0.3, 0.4) is 0 Å². The molecule has 24 heavy (non-hydrogen) atoms. The Kier molecular flexibility index (Phi) is 5.05. The quantitative estimate of drug-likeness (QED) is 0.594. The molecule has 1 aromatic carbocycles. The van der Waals surface area contributed by atoms with E-state index in [2.05, 4.69) is 31.2 Å². The van der Waals surface area contributed by atoms with Crippen LogP contribution in [0.2, 0.25) is 0 Å². The lowest BCUT2D eigenvalue weighted by atomic mass is 9.87. The van der Waals surface area contributed by atoms with Crippen molar-refractivity contribution in [3.8, 4) is 0 Å². The Bertz CT molecular complexity index is 856. The lowest BCUT2D eigenvalue weighted by molar-refractivity contribution is -0.116. The highest BCUT2D eigenvalue weighted by molar-refractivity contribution is 9.10. The molecule has 126 valence electrons. The molecular formula is C16H15BrFN3O2S. The molecule has 0 saturated heterocycles. The molecule has 2 N–H and O–H groups in total. The van der Waals surface area contributed by atoms with Crippen LogP contribution in [0, 0.1) is 5.82 Å². The highest BCUT2D eigenvalue weighted by Crippen LogP contribution is 2.35. The molecule has 1 amide bonds. The molecule has 1 atom stereocenters. The van der Waals surface area contributed by atoms with Crippen molar-refractivity contribution in [2.75, 3.05) is 11.1 Å². The summed E-state index contributed by atoms with van der Waals surface area (Å²) < 4.78 is 13.8. The van der Waals surface area contributed by atoms with Gasteiger partial charge in [-0.05, 0) is 40.0 Å². The fourth-order valence-electron chi connectivity index (χ4n) is 2.63. The predicted octanol–water partition coefficient (Wildman–Crippen LogP) is 3.65. The summed E-state index contributed by atoms with van der Waals surface area (Å²) in [4.78, 5) is 31.7. The van der Waals surface area contributed by atoms with E-state index in [1.807, 2.05) is 6.92 Å². The Morgan fingerprint density at radius 2 is 2.21 bits per heavy atom. The van der Waals surface area contributed by atoms with E-state index < -0.39 is 11.7 Å². The summed E-state index contributed by atoms with van der Waals surface area (Å²) in [5.74, 6) is 0.0607. The predicted molar refractivity (Wildman–Crippen MR) is 95.1 cm³/mol. The number of thioether (sulfide) groups is 1. The summed E-state index contributed by atoms with van der Waals surface area (Å²) in [7, 11) is 0. The van der Waals surface area contributed by atoms with E-state index in [1.165, 1.54) is 17.8 Å². The van der Waals surface area contributed by atoms with Gasteiger partial charge in [0, 0.05) is 18.1 Å². The van der Waals surface area contributed by atoms with E-state index in [4.69, 9.17) is 0 Å². The topological polar surface area (TPSA) is 74.8 Å². The van der Waals surface area contributed by atoms with Crippen LogP contribution in [0.1, 0.15) is 36.8 Å². The van der Waals surface area contributed by atoms with Crippen LogP contribution in [0.5, 0.6) is 0 Å². The molecule has 1 aliphatic rings. The van der Waals surface area contributed by atoms with Crippen LogP contribution in [0.15, 0.2) is 32.6 Å². The fourth-order valence-corrected chi connectivity index (χ4v) is 3.75. The molecule has 2 heterocycles. The molecule has 8 heteroatoms. The third kappa shape index (κ3) is 3.39. The Morgan fingerprint density at radius 3 is 2.92 bits per heavy atom. The van der Waals surface area contributed by atoms with Gasteiger partial charge in [0.1, 0.15) is 11.6 Å². The molecule has 0 bridgehead atoms. The maximum Gasteiger partial charge on any atom is 0.257 e. The summed E-state index contributed by atoms with van der Waals surface area (Å²) >= 11 is 4.58. The number of halogens is 2. The van der Waals surface area contributed by atoms with Gasteiger partial charge < -0.3 is 10.3 Å². The molecule has 3 rings (SSSR count). The van der Waals surface area contributed by atoms with Crippen LogP contribution in [0.25, 0.3) is 0 Å². The number of hydrogen-bond donors (Lipinski definition) is 2. The summed E-state index contributed by atoms with van der Waals surface area (Å²) in [6.45, 7) is 2.04. The number of anilines is 1. The van der Waals surface area contributed by atoms with Crippen molar-refractivity contribution in [2.45, 2.75) is 30.8 Å². The number of nitrogens with zero attached hydrogens (tertiary/aromatic N) is 1. The largest absolute Gasteiger partial charge is 0.310 e. The smallest absolute Gasteiger partial charge is 0.257 e. The molecule has 0 fully saturated rings. The third-order valence-electron chi connectivity index (χ3n) is 3.72. The van der Waals surface area contributed by atoms with Gasteiger partial charge >= 0.3 is 0 Å². The maximum atomic E-state index is 13.5. The van der Waals surface area contributed by atoms with Crippen molar-refractivity contribution in [3.63, 3.8) is 0 Å². The lowest BCUT2D eigenvalue weighted by Crippen LogP contribution is -2.31. The van der Waals surface area contributed by atoms with E-state index in [0.29, 0.717) is 26.6 Å². The zero-order valence-corrected chi connectivity index (χ0v) is 15.3. The normalized spacial score (nSPS) is 16.6. The van der Waals surface area contributed by atoms with Crippen molar-refractivity contribution in [2.24, 2.45) is 0 Å². The van der Waals surface area contributed by atoms with Gasteiger partial charge in [0.2, 0.25) is 5.91 Å². The first-order valence-corrected chi connectivity index (χ1v) is 9.29. The van der Waals surface area contributed by atoms with Crippen LogP contribution in [-0.4, -0.2) is 21.6 Å². The molecule has 1 aromatic heterocycles. The number of benzene rings is 1. The standard InChI is InChI=1S/C16H15BrFN3O2S/c1-2-5-24-16-20-14-13(15(23)21-16)9(7-12(22)19-14)8-3-4-11(18)10(17)6-8/h3-4,6,9H,2,5,7H2,1H3,(H2,19,20,21,22,23). The molecule has 5 nitrogen and oxygen atoms in total. The number of rotatable bonds is 4. The number of aromatic amines is 1. The second-order valence-electron chi connectivity index (χ2n) is 5.46. The SMILES string of the molecule is CCCSc1nc2c(c(=O)[nH]1)C(c1ccc(F)c(Br)c1)CC(=O)N2. The number of H-pyrrole nitrogens is 1. The monoisotopic (exact) mass is 411 g/mol. The van der Waals surface area contributed by atoms with Crippen LogP contribution >= 0.6 is 27.7 Å². The Labute approximate surface area is 150 Å². The van der Waals surface area contributed by atoms with Crippen LogP contribution < -0.4 is 10.9 Å². The van der Waals surface area contributed by atoms with Crippen molar-refractivity contribution >= 4 is 39.4 Å². The van der Waals surface area contributed by atoms with E-state index in [0.717, 1.165) is 12.2 Å².